The fourth-order valence-corrected chi connectivity index (χ4v) is 2.12. The minimum absolute atomic E-state index is 0.0740. The van der Waals surface area contributed by atoms with Crippen LogP contribution in [0.25, 0.3) is 0 Å². The smallest absolute Gasteiger partial charge is 0.408 e. The molecule has 0 aliphatic rings. The molecule has 1 rings (SSSR count). The Morgan fingerprint density at radius 3 is 2.54 bits per heavy atom. The van der Waals surface area contributed by atoms with E-state index in [0.717, 1.165) is 5.69 Å². The molecule has 1 aromatic rings. The number of carbonyl (C=O) groups excluding carboxylic acids is 2. The van der Waals surface area contributed by atoms with Crippen molar-refractivity contribution in [1.29, 1.82) is 0 Å². The first kappa shape index (κ1) is 20.0. The fourth-order valence-electron chi connectivity index (χ4n) is 2.12. The molecule has 0 fully saturated rings. The Hall–Kier alpha value is -2.05. The molecule has 7 heteroatoms. The van der Waals surface area contributed by atoms with Gasteiger partial charge in [-0.1, -0.05) is 20.8 Å². The van der Waals surface area contributed by atoms with Crippen molar-refractivity contribution < 1.29 is 14.3 Å². The molecule has 0 unspecified atom stereocenters. The monoisotopic (exact) mass is 338 g/mol. The Morgan fingerprint density at radius 2 is 2.00 bits per heavy atom. The minimum atomic E-state index is -0.556. The van der Waals surface area contributed by atoms with Gasteiger partial charge in [0.15, 0.2) is 0 Å². The summed E-state index contributed by atoms with van der Waals surface area (Å²) in [7, 11) is 0. The topological polar surface area (TPSA) is 85.2 Å². The Morgan fingerprint density at radius 1 is 1.33 bits per heavy atom. The number of ether oxygens (including phenoxy) is 1. The summed E-state index contributed by atoms with van der Waals surface area (Å²) in [6.45, 7) is 12.3. The molecule has 2 amide bonds. The predicted octanol–water partition coefficient (Wildman–Crippen LogP) is 2.63. The van der Waals surface area contributed by atoms with Gasteiger partial charge in [-0.3, -0.25) is 4.79 Å². The van der Waals surface area contributed by atoms with Gasteiger partial charge >= 0.3 is 6.09 Å². The van der Waals surface area contributed by atoms with Crippen molar-refractivity contribution in [1.82, 2.24) is 20.2 Å². The van der Waals surface area contributed by atoms with Crippen molar-refractivity contribution in [3.8, 4) is 0 Å². The van der Waals surface area contributed by atoms with Gasteiger partial charge < -0.3 is 19.9 Å². The lowest BCUT2D eigenvalue weighted by Crippen LogP contribution is -2.36. The fraction of sp³-hybridized carbons (Fsp3) is 0.706. The number of nitrogens with one attached hydrogen (secondary N) is 2. The first-order valence-electron chi connectivity index (χ1n) is 8.38. The quantitative estimate of drug-likeness (QED) is 0.800. The van der Waals surface area contributed by atoms with Gasteiger partial charge in [0.25, 0.3) is 0 Å². The molecular formula is C17H30N4O3. The van der Waals surface area contributed by atoms with Crippen molar-refractivity contribution >= 4 is 12.0 Å². The van der Waals surface area contributed by atoms with E-state index in [-0.39, 0.29) is 18.5 Å². The maximum atomic E-state index is 12.0. The number of carbonyl (C=O) groups is 2. The van der Waals surface area contributed by atoms with Gasteiger partial charge in [-0.15, -0.1) is 0 Å². The highest BCUT2D eigenvalue weighted by Crippen LogP contribution is 2.17. The van der Waals surface area contributed by atoms with E-state index >= 15 is 0 Å². The Balaban J connectivity index is 2.72. The Labute approximate surface area is 144 Å². The maximum Gasteiger partial charge on any atom is 0.408 e. The normalized spacial score (nSPS) is 12.8. The second-order valence-corrected chi connectivity index (χ2v) is 7.25. The summed E-state index contributed by atoms with van der Waals surface area (Å²) in [5.74, 6) is 0.323. The number of alkyl carbamates (subject to hydrolysis) is 1. The third-order valence-corrected chi connectivity index (χ3v) is 3.22. The van der Waals surface area contributed by atoms with E-state index in [2.05, 4.69) is 15.6 Å². The van der Waals surface area contributed by atoms with Crippen molar-refractivity contribution in [3.05, 3.63) is 18.2 Å². The number of hydrogen-bond donors (Lipinski definition) is 2. The van der Waals surface area contributed by atoms with Crippen LogP contribution in [0, 0.1) is 5.92 Å². The van der Waals surface area contributed by atoms with Gasteiger partial charge in [0.2, 0.25) is 5.91 Å². The summed E-state index contributed by atoms with van der Waals surface area (Å²) < 4.78 is 7.05. The zero-order valence-electron chi connectivity index (χ0n) is 15.5. The van der Waals surface area contributed by atoms with Crippen LogP contribution in [0.15, 0.2) is 12.5 Å². The summed E-state index contributed by atoms with van der Waals surface area (Å²) in [4.78, 5) is 28.1. The van der Waals surface area contributed by atoms with Gasteiger partial charge in [0.1, 0.15) is 12.1 Å². The molecule has 1 aromatic heterocycles. The van der Waals surface area contributed by atoms with Crippen LogP contribution >= 0.6 is 0 Å². The molecule has 0 aliphatic heterocycles. The van der Waals surface area contributed by atoms with E-state index in [1.54, 1.807) is 17.1 Å². The average Bonchev–Trinajstić information content (AvgIpc) is 2.88. The number of aromatic nitrogens is 2. The highest BCUT2D eigenvalue weighted by molar-refractivity contribution is 5.75. The van der Waals surface area contributed by atoms with E-state index in [4.69, 9.17) is 4.74 Å². The van der Waals surface area contributed by atoms with E-state index in [1.807, 2.05) is 41.5 Å². The van der Waals surface area contributed by atoms with Crippen molar-refractivity contribution in [2.45, 2.75) is 66.2 Å². The molecule has 24 heavy (non-hydrogen) atoms. The molecule has 0 bridgehead atoms. The van der Waals surface area contributed by atoms with Gasteiger partial charge in [-0.2, -0.15) is 0 Å². The standard InChI is InChI=1S/C17H30N4O3/c1-7-13(20-16(23)24-17(4,5)6)14-9-18-11-21(14)10-15(22)19-8-12(2)3/h9,11-13H,7-8,10H2,1-6H3,(H,19,22)(H,20,23)/t13-/m1/s1. The number of hydrogen-bond acceptors (Lipinski definition) is 4. The highest BCUT2D eigenvalue weighted by atomic mass is 16.6. The second-order valence-electron chi connectivity index (χ2n) is 7.25. The number of rotatable bonds is 7. The van der Waals surface area contributed by atoms with Crippen LogP contribution in [0.1, 0.15) is 59.7 Å². The van der Waals surface area contributed by atoms with Crippen molar-refractivity contribution in [2.75, 3.05) is 6.54 Å². The number of imidazole rings is 1. The molecular weight excluding hydrogens is 308 g/mol. The van der Waals surface area contributed by atoms with Crippen LogP contribution in [0.4, 0.5) is 4.79 Å². The van der Waals surface area contributed by atoms with E-state index in [1.165, 1.54) is 0 Å². The lowest BCUT2D eigenvalue weighted by molar-refractivity contribution is -0.121. The Bertz CT molecular complexity index is 546. The molecule has 0 saturated carbocycles. The predicted molar refractivity (Wildman–Crippen MR) is 92.5 cm³/mol. The van der Waals surface area contributed by atoms with Crippen LogP contribution in [0.3, 0.4) is 0 Å². The molecule has 7 nitrogen and oxygen atoms in total. The van der Waals surface area contributed by atoms with Crippen molar-refractivity contribution in [2.24, 2.45) is 5.92 Å². The van der Waals surface area contributed by atoms with Gasteiger partial charge in [-0.25, -0.2) is 9.78 Å². The summed E-state index contributed by atoms with van der Waals surface area (Å²) in [5.41, 5.74) is 0.224. The largest absolute Gasteiger partial charge is 0.444 e. The SMILES string of the molecule is CC[C@@H](NC(=O)OC(C)(C)C)c1cncn1CC(=O)NCC(C)C. The molecule has 0 saturated heterocycles. The molecule has 1 atom stereocenters. The number of nitrogens with zero attached hydrogens (tertiary/aromatic N) is 2. The lowest BCUT2D eigenvalue weighted by atomic mass is 10.1. The van der Waals surface area contributed by atoms with Gasteiger partial charge in [-0.05, 0) is 33.1 Å². The molecule has 1 heterocycles. The Kier molecular flexibility index (Phi) is 7.25. The van der Waals surface area contributed by atoms with Gasteiger partial charge in [0, 0.05) is 6.54 Å². The first-order valence-corrected chi connectivity index (χ1v) is 8.38. The third kappa shape index (κ3) is 7.02. The summed E-state index contributed by atoms with van der Waals surface area (Å²) in [5, 5.41) is 5.71. The summed E-state index contributed by atoms with van der Waals surface area (Å²) in [6.07, 6.45) is 3.45. The molecule has 0 radical (unpaired) electrons. The molecule has 0 spiro atoms. The van der Waals surface area contributed by atoms with Crippen LogP contribution in [-0.2, 0) is 16.1 Å². The molecule has 0 aromatic carbocycles. The lowest BCUT2D eigenvalue weighted by Gasteiger charge is -2.23. The minimum Gasteiger partial charge on any atom is -0.444 e. The molecule has 0 aliphatic carbocycles. The summed E-state index contributed by atoms with van der Waals surface area (Å²) in [6, 6.07) is -0.264. The number of amides is 2. The molecule has 136 valence electrons. The van der Waals surface area contributed by atoms with E-state index in [9.17, 15) is 9.59 Å². The van der Waals surface area contributed by atoms with Crippen molar-refractivity contribution in [3.63, 3.8) is 0 Å². The van der Waals surface area contributed by atoms with E-state index in [0.29, 0.717) is 18.9 Å². The summed E-state index contributed by atoms with van der Waals surface area (Å²) >= 11 is 0. The third-order valence-electron chi connectivity index (χ3n) is 3.22. The maximum absolute atomic E-state index is 12.0. The van der Waals surface area contributed by atoms with Gasteiger partial charge in [0.05, 0.1) is 24.3 Å². The van der Waals surface area contributed by atoms with Crippen LogP contribution in [0.2, 0.25) is 0 Å². The zero-order valence-corrected chi connectivity index (χ0v) is 15.5. The average molecular weight is 338 g/mol. The second kappa shape index (κ2) is 8.70. The van der Waals surface area contributed by atoms with E-state index < -0.39 is 11.7 Å². The van der Waals surface area contributed by atoms with Crippen LogP contribution in [-0.4, -0.2) is 33.7 Å². The van der Waals surface area contributed by atoms with Crippen LogP contribution < -0.4 is 10.6 Å². The first-order chi connectivity index (χ1) is 11.1. The zero-order chi connectivity index (χ0) is 18.3. The van der Waals surface area contributed by atoms with Crippen LogP contribution in [0.5, 0.6) is 0 Å². The highest BCUT2D eigenvalue weighted by Gasteiger charge is 2.22. The molecule has 2 N–H and O–H groups in total.